The van der Waals surface area contributed by atoms with Crippen molar-refractivity contribution in [2.75, 3.05) is 60.5 Å². The average molecular weight is 580 g/mol. The molecule has 0 radical (unpaired) electrons. The molecule has 0 bridgehead atoms. The first-order valence-electron chi connectivity index (χ1n) is 15.6. The number of aryl methyl sites for hydroxylation is 1. The van der Waals surface area contributed by atoms with Crippen LogP contribution in [0.15, 0.2) is 42.5 Å². The van der Waals surface area contributed by atoms with Crippen LogP contribution < -0.4 is 9.47 Å². The third-order valence-corrected chi connectivity index (χ3v) is 8.82. The minimum atomic E-state index is -0.789. The first-order valence-corrected chi connectivity index (χ1v) is 15.6. The first kappa shape index (κ1) is 31.8. The fourth-order valence-corrected chi connectivity index (χ4v) is 6.60. The van der Waals surface area contributed by atoms with Crippen LogP contribution in [0.3, 0.4) is 0 Å². The predicted molar refractivity (Wildman–Crippen MR) is 165 cm³/mol. The second kappa shape index (κ2) is 15.4. The van der Waals surface area contributed by atoms with Gasteiger partial charge in [0.1, 0.15) is 11.5 Å². The second-order valence-corrected chi connectivity index (χ2v) is 12.0. The molecule has 1 N–H and O–H groups in total. The largest absolute Gasteiger partial charge is 0.496 e. The van der Waals surface area contributed by atoms with Crippen molar-refractivity contribution in [2.24, 2.45) is 5.92 Å². The molecule has 1 saturated heterocycles. The summed E-state index contributed by atoms with van der Waals surface area (Å²) in [5, 5.41) is 10.6. The van der Waals surface area contributed by atoms with Gasteiger partial charge in [0.15, 0.2) is 0 Å². The van der Waals surface area contributed by atoms with Crippen LogP contribution >= 0.6 is 0 Å². The van der Waals surface area contributed by atoms with Gasteiger partial charge < -0.3 is 24.4 Å². The van der Waals surface area contributed by atoms with E-state index >= 15 is 0 Å². The van der Waals surface area contributed by atoms with Crippen molar-refractivity contribution in [3.8, 4) is 11.5 Å². The number of para-hydroxylation sites is 1. The highest BCUT2D eigenvalue weighted by Gasteiger charge is 2.47. The molecular weight excluding hydrogens is 530 g/mol. The van der Waals surface area contributed by atoms with Crippen molar-refractivity contribution in [1.82, 2.24) is 14.7 Å². The van der Waals surface area contributed by atoms with Crippen LogP contribution in [0.2, 0.25) is 0 Å². The van der Waals surface area contributed by atoms with Crippen LogP contribution in [0.1, 0.15) is 61.6 Å². The minimum absolute atomic E-state index is 0.101. The maximum Gasteiger partial charge on any atom is 0.308 e. The molecule has 42 heavy (non-hydrogen) atoms. The van der Waals surface area contributed by atoms with Crippen LogP contribution in [0.4, 0.5) is 0 Å². The molecule has 0 aliphatic carbocycles. The molecular formula is C34H49N3O5. The van der Waals surface area contributed by atoms with Crippen molar-refractivity contribution in [3.05, 3.63) is 59.2 Å². The lowest BCUT2D eigenvalue weighted by Crippen LogP contribution is -2.45. The van der Waals surface area contributed by atoms with E-state index in [1.807, 2.05) is 35.2 Å². The summed E-state index contributed by atoms with van der Waals surface area (Å²) in [7, 11) is 5.78. The van der Waals surface area contributed by atoms with Gasteiger partial charge in [0.2, 0.25) is 5.91 Å². The normalized spacial score (nSPS) is 20.0. The highest BCUT2D eigenvalue weighted by atomic mass is 16.5. The number of carboxylic acids is 1. The number of carbonyl (C=O) groups is 2. The SMILES string of the molecule is CCCCN(CCCN(C)C)C(=O)CN1C[C@H](c2ccc3c(c2)CCO3)C(C(=O)O)[C@@H]1CCCc1ccccc1OC. The van der Waals surface area contributed by atoms with E-state index < -0.39 is 11.9 Å². The number of hydrogen-bond acceptors (Lipinski definition) is 6. The quantitative estimate of drug-likeness (QED) is 0.309. The molecule has 2 heterocycles. The Bertz CT molecular complexity index is 1190. The molecule has 0 aromatic heterocycles. The molecule has 4 rings (SSSR count). The second-order valence-electron chi connectivity index (χ2n) is 12.0. The Kier molecular flexibility index (Phi) is 11.7. The molecule has 8 nitrogen and oxygen atoms in total. The molecule has 2 aliphatic rings. The van der Waals surface area contributed by atoms with Crippen molar-refractivity contribution in [3.63, 3.8) is 0 Å². The number of amides is 1. The van der Waals surface area contributed by atoms with E-state index in [0.29, 0.717) is 19.6 Å². The van der Waals surface area contributed by atoms with Gasteiger partial charge in [-0.3, -0.25) is 14.5 Å². The summed E-state index contributed by atoms with van der Waals surface area (Å²) in [6.45, 7) is 6.01. The van der Waals surface area contributed by atoms with E-state index in [1.165, 1.54) is 0 Å². The number of likely N-dealkylation sites (tertiary alicyclic amines) is 1. The van der Waals surface area contributed by atoms with E-state index in [1.54, 1.807) is 7.11 Å². The fourth-order valence-electron chi connectivity index (χ4n) is 6.60. The molecule has 8 heteroatoms. The van der Waals surface area contributed by atoms with Gasteiger partial charge in [0, 0.05) is 38.0 Å². The number of nitrogens with zero attached hydrogens (tertiary/aromatic N) is 3. The Balaban J connectivity index is 1.56. The number of fused-ring (bicyclic) bond motifs is 1. The van der Waals surface area contributed by atoms with Gasteiger partial charge in [-0.2, -0.15) is 0 Å². The monoisotopic (exact) mass is 579 g/mol. The summed E-state index contributed by atoms with van der Waals surface area (Å²) in [6, 6.07) is 13.9. The summed E-state index contributed by atoms with van der Waals surface area (Å²) in [4.78, 5) is 33.0. The summed E-state index contributed by atoms with van der Waals surface area (Å²) in [5.74, 6) is 0.289. The predicted octanol–water partition coefficient (Wildman–Crippen LogP) is 4.70. The van der Waals surface area contributed by atoms with Gasteiger partial charge in [-0.1, -0.05) is 43.7 Å². The van der Waals surface area contributed by atoms with E-state index in [0.717, 1.165) is 86.3 Å². The van der Waals surface area contributed by atoms with Crippen molar-refractivity contribution in [1.29, 1.82) is 0 Å². The fraction of sp³-hybridized carbons (Fsp3) is 0.588. The minimum Gasteiger partial charge on any atom is -0.496 e. The Hall–Kier alpha value is -3.10. The summed E-state index contributed by atoms with van der Waals surface area (Å²) in [6.07, 6.45) is 6.06. The van der Waals surface area contributed by atoms with E-state index in [2.05, 4.69) is 43.0 Å². The maximum absolute atomic E-state index is 13.8. The average Bonchev–Trinajstić information content (AvgIpc) is 3.59. The van der Waals surface area contributed by atoms with Gasteiger partial charge in [-0.05, 0) is 81.6 Å². The maximum atomic E-state index is 13.8. The van der Waals surface area contributed by atoms with E-state index in [-0.39, 0.29) is 24.4 Å². The standard InChI is InChI=1S/C34H49N3O5/c1-5-6-19-36(20-10-18-35(2)3)32(38)24-37-23-28(26-15-16-31-27(22-26)17-21-42-31)33(34(39)40)29(37)13-9-12-25-11-7-8-14-30(25)41-4/h7-8,11,14-16,22,28-29,33H,5-6,9-10,12-13,17-21,23-24H2,1-4H3,(H,39,40)/t28-,29+,33?/m1/s1. The molecule has 1 amide bonds. The molecule has 2 aromatic carbocycles. The number of unbranched alkanes of at least 4 members (excludes halogenated alkanes) is 1. The zero-order chi connectivity index (χ0) is 30.1. The molecule has 0 spiro atoms. The number of aliphatic carboxylic acids is 1. The molecule has 3 atom stereocenters. The topological polar surface area (TPSA) is 82.5 Å². The molecule has 230 valence electrons. The molecule has 2 aromatic rings. The summed E-state index contributed by atoms with van der Waals surface area (Å²) >= 11 is 0. The van der Waals surface area contributed by atoms with E-state index in [4.69, 9.17) is 9.47 Å². The van der Waals surface area contributed by atoms with Gasteiger partial charge >= 0.3 is 5.97 Å². The van der Waals surface area contributed by atoms with Crippen LogP contribution in [-0.2, 0) is 22.4 Å². The van der Waals surface area contributed by atoms with E-state index in [9.17, 15) is 14.7 Å². The highest BCUT2D eigenvalue weighted by Crippen LogP contribution is 2.41. The third-order valence-electron chi connectivity index (χ3n) is 8.82. The van der Waals surface area contributed by atoms with Crippen molar-refractivity contribution >= 4 is 11.9 Å². The van der Waals surface area contributed by atoms with Crippen LogP contribution in [-0.4, -0.2) is 98.3 Å². The smallest absolute Gasteiger partial charge is 0.308 e. The molecule has 1 unspecified atom stereocenters. The highest BCUT2D eigenvalue weighted by molar-refractivity contribution is 5.79. The van der Waals surface area contributed by atoms with Gasteiger partial charge in [-0.25, -0.2) is 0 Å². The Morgan fingerprint density at radius 3 is 2.60 bits per heavy atom. The summed E-state index contributed by atoms with van der Waals surface area (Å²) < 4.78 is 11.3. The number of hydrogen-bond donors (Lipinski definition) is 1. The van der Waals surface area contributed by atoms with Crippen molar-refractivity contribution in [2.45, 2.75) is 63.8 Å². The van der Waals surface area contributed by atoms with Crippen LogP contribution in [0.25, 0.3) is 0 Å². The molecule has 0 saturated carbocycles. The zero-order valence-corrected chi connectivity index (χ0v) is 25.9. The van der Waals surface area contributed by atoms with Crippen LogP contribution in [0, 0.1) is 5.92 Å². The third kappa shape index (κ3) is 8.04. The lowest BCUT2D eigenvalue weighted by Gasteiger charge is -2.30. The molecule has 2 aliphatic heterocycles. The molecule has 1 fully saturated rings. The Morgan fingerprint density at radius 1 is 1.07 bits per heavy atom. The summed E-state index contributed by atoms with van der Waals surface area (Å²) in [5.41, 5.74) is 3.30. The zero-order valence-electron chi connectivity index (χ0n) is 25.9. The number of ether oxygens (including phenoxy) is 2. The number of methoxy groups -OCH3 is 1. The lowest BCUT2D eigenvalue weighted by molar-refractivity contribution is -0.143. The Morgan fingerprint density at radius 2 is 1.86 bits per heavy atom. The van der Waals surface area contributed by atoms with Gasteiger partial charge in [0.05, 0.1) is 26.2 Å². The lowest BCUT2D eigenvalue weighted by atomic mass is 9.83. The van der Waals surface area contributed by atoms with Gasteiger partial charge in [-0.15, -0.1) is 0 Å². The van der Waals surface area contributed by atoms with Crippen LogP contribution in [0.5, 0.6) is 11.5 Å². The Labute approximate surface area is 251 Å². The first-order chi connectivity index (χ1) is 20.3. The number of carbonyl (C=O) groups excluding carboxylic acids is 1. The number of benzene rings is 2. The number of carboxylic acid groups (broad SMARTS) is 1. The van der Waals surface area contributed by atoms with Gasteiger partial charge in [0.25, 0.3) is 0 Å². The van der Waals surface area contributed by atoms with Crippen molar-refractivity contribution < 1.29 is 24.2 Å². The number of rotatable bonds is 16.